The Morgan fingerprint density at radius 2 is 2.24 bits per heavy atom. The molecule has 1 rings (SSSR count). The van der Waals surface area contributed by atoms with Crippen LogP contribution in [0.1, 0.15) is 5.56 Å². The van der Waals surface area contributed by atoms with Crippen molar-refractivity contribution >= 4 is 17.6 Å². The summed E-state index contributed by atoms with van der Waals surface area (Å²) in [7, 11) is 1.43. The molecule has 0 spiro atoms. The first-order chi connectivity index (χ1) is 7.95. The van der Waals surface area contributed by atoms with Crippen molar-refractivity contribution in [1.29, 1.82) is 5.41 Å². The normalized spacial score (nSPS) is 9.76. The molecule has 0 aliphatic carbocycles. The Labute approximate surface area is 98.1 Å². The van der Waals surface area contributed by atoms with Crippen LogP contribution in [-0.4, -0.2) is 24.1 Å². The molecule has 0 saturated carbocycles. The van der Waals surface area contributed by atoms with Crippen molar-refractivity contribution in [3.8, 4) is 5.75 Å². The standard InChI is InChI=1S/C10H14N4O3/c1-17-8-5-7(14(13)10(11)12)3-2-6(8)4-9(15)16/h2-3,5H,4,13H2,1H3,(H3,11,12)(H,15,16). The van der Waals surface area contributed by atoms with Crippen LogP contribution in [0.5, 0.6) is 5.75 Å². The Bertz CT molecular complexity index is 447. The van der Waals surface area contributed by atoms with Gasteiger partial charge in [0.05, 0.1) is 19.2 Å². The number of nitrogens with zero attached hydrogens (tertiary/aromatic N) is 1. The topological polar surface area (TPSA) is 126 Å². The summed E-state index contributed by atoms with van der Waals surface area (Å²) in [6.07, 6.45) is -0.145. The average Bonchev–Trinajstić information content (AvgIpc) is 2.27. The highest BCUT2D eigenvalue weighted by molar-refractivity contribution is 5.91. The summed E-state index contributed by atoms with van der Waals surface area (Å²) in [6.45, 7) is 0. The molecule has 0 aliphatic heterocycles. The molecule has 0 fully saturated rings. The lowest BCUT2D eigenvalue weighted by Gasteiger charge is -2.17. The highest BCUT2D eigenvalue weighted by Gasteiger charge is 2.11. The van der Waals surface area contributed by atoms with Gasteiger partial charge in [0.25, 0.3) is 0 Å². The summed E-state index contributed by atoms with van der Waals surface area (Å²) in [5.41, 5.74) is 6.20. The molecule has 0 radical (unpaired) electrons. The van der Waals surface area contributed by atoms with Gasteiger partial charge in [0.2, 0.25) is 5.96 Å². The van der Waals surface area contributed by atoms with Crippen LogP contribution in [0.4, 0.5) is 5.69 Å². The van der Waals surface area contributed by atoms with Crippen LogP contribution in [0, 0.1) is 5.41 Å². The molecule has 0 saturated heterocycles. The Hall–Kier alpha value is -2.28. The fourth-order valence-electron chi connectivity index (χ4n) is 1.33. The lowest BCUT2D eigenvalue weighted by molar-refractivity contribution is -0.136. The van der Waals surface area contributed by atoms with E-state index < -0.39 is 5.97 Å². The van der Waals surface area contributed by atoms with Gasteiger partial charge < -0.3 is 15.6 Å². The molecular formula is C10H14N4O3. The Kier molecular flexibility index (Phi) is 3.89. The van der Waals surface area contributed by atoms with Gasteiger partial charge in [0, 0.05) is 11.6 Å². The summed E-state index contributed by atoms with van der Waals surface area (Å²) >= 11 is 0. The monoisotopic (exact) mass is 238 g/mol. The predicted molar refractivity (Wildman–Crippen MR) is 62.9 cm³/mol. The SMILES string of the molecule is COc1cc(N(N)C(=N)N)ccc1CC(=O)O. The number of carbonyl (C=O) groups is 1. The molecule has 7 nitrogen and oxygen atoms in total. The first-order valence-electron chi connectivity index (χ1n) is 4.73. The number of nitrogens with two attached hydrogens (primary N) is 2. The van der Waals surface area contributed by atoms with Crippen LogP contribution in [0.15, 0.2) is 18.2 Å². The molecular weight excluding hydrogens is 224 g/mol. The summed E-state index contributed by atoms with van der Waals surface area (Å²) in [6, 6.07) is 4.67. The van der Waals surface area contributed by atoms with Gasteiger partial charge in [0.1, 0.15) is 5.75 Å². The van der Waals surface area contributed by atoms with Crippen LogP contribution in [-0.2, 0) is 11.2 Å². The van der Waals surface area contributed by atoms with E-state index in [1.165, 1.54) is 13.2 Å². The van der Waals surface area contributed by atoms with Crippen LogP contribution in [0.25, 0.3) is 0 Å². The summed E-state index contributed by atoms with van der Waals surface area (Å²) in [5.74, 6) is 4.64. The number of nitrogens with one attached hydrogen (secondary N) is 1. The molecule has 1 aromatic carbocycles. The van der Waals surface area contributed by atoms with Gasteiger partial charge in [-0.3, -0.25) is 10.2 Å². The first kappa shape index (κ1) is 12.8. The molecule has 6 N–H and O–H groups in total. The molecule has 0 amide bonds. The number of carboxylic acid groups (broad SMARTS) is 1. The summed E-state index contributed by atoms with van der Waals surface area (Å²) in [5, 5.41) is 16.9. The van der Waals surface area contributed by atoms with Crippen molar-refractivity contribution in [1.82, 2.24) is 0 Å². The minimum absolute atomic E-state index is 0.145. The average molecular weight is 238 g/mol. The van der Waals surface area contributed by atoms with E-state index in [9.17, 15) is 4.79 Å². The van der Waals surface area contributed by atoms with Crippen LogP contribution < -0.4 is 21.3 Å². The number of hydrogen-bond acceptors (Lipinski definition) is 4. The van der Waals surface area contributed by atoms with E-state index in [0.29, 0.717) is 17.0 Å². The summed E-state index contributed by atoms with van der Waals surface area (Å²) < 4.78 is 5.06. The van der Waals surface area contributed by atoms with Crippen LogP contribution in [0.3, 0.4) is 0 Å². The van der Waals surface area contributed by atoms with E-state index in [1.807, 2.05) is 0 Å². The zero-order chi connectivity index (χ0) is 13.0. The maximum absolute atomic E-state index is 10.6. The second-order valence-electron chi connectivity index (χ2n) is 3.32. The molecule has 0 aliphatic rings. The smallest absolute Gasteiger partial charge is 0.307 e. The molecule has 17 heavy (non-hydrogen) atoms. The van der Waals surface area contributed by atoms with E-state index in [2.05, 4.69) is 0 Å². The number of anilines is 1. The Morgan fingerprint density at radius 1 is 1.59 bits per heavy atom. The van der Waals surface area contributed by atoms with Gasteiger partial charge in [-0.1, -0.05) is 6.07 Å². The minimum Gasteiger partial charge on any atom is -0.496 e. The maximum atomic E-state index is 10.6. The summed E-state index contributed by atoms with van der Waals surface area (Å²) in [4.78, 5) is 10.6. The van der Waals surface area contributed by atoms with Crippen LogP contribution >= 0.6 is 0 Å². The molecule has 0 heterocycles. The van der Waals surface area contributed by atoms with E-state index >= 15 is 0 Å². The highest BCUT2D eigenvalue weighted by Crippen LogP contribution is 2.24. The Balaban J connectivity index is 3.07. The van der Waals surface area contributed by atoms with Gasteiger partial charge in [-0.15, -0.1) is 0 Å². The predicted octanol–water partition coefficient (Wildman–Crippen LogP) is -0.104. The molecule has 0 aromatic heterocycles. The number of aliphatic carboxylic acids is 1. The lowest BCUT2D eigenvalue weighted by Crippen LogP contribution is -2.42. The third-order valence-corrected chi connectivity index (χ3v) is 2.15. The van der Waals surface area contributed by atoms with Gasteiger partial charge >= 0.3 is 5.97 Å². The molecule has 92 valence electrons. The number of methoxy groups -OCH3 is 1. The lowest BCUT2D eigenvalue weighted by atomic mass is 10.1. The first-order valence-corrected chi connectivity index (χ1v) is 4.73. The minimum atomic E-state index is -0.952. The largest absolute Gasteiger partial charge is 0.496 e. The molecule has 0 bridgehead atoms. The van der Waals surface area contributed by atoms with E-state index in [0.717, 1.165) is 5.01 Å². The fourth-order valence-corrected chi connectivity index (χ4v) is 1.33. The number of guanidine groups is 1. The van der Waals surface area contributed by atoms with Crippen LogP contribution in [0.2, 0.25) is 0 Å². The third kappa shape index (κ3) is 3.08. The highest BCUT2D eigenvalue weighted by atomic mass is 16.5. The molecule has 0 atom stereocenters. The van der Waals surface area contributed by atoms with Crippen molar-refractivity contribution in [2.45, 2.75) is 6.42 Å². The van der Waals surface area contributed by atoms with Crippen molar-refractivity contribution in [2.24, 2.45) is 11.6 Å². The number of benzene rings is 1. The van der Waals surface area contributed by atoms with E-state index in [-0.39, 0.29) is 12.4 Å². The number of ether oxygens (including phenoxy) is 1. The van der Waals surface area contributed by atoms with E-state index in [1.54, 1.807) is 12.1 Å². The maximum Gasteiger partial charge on any atom is 0.307 e. The number of rotatable bonds is 4. The molecule has 7 heteroatoms. The Morgan fingerprint density at radius 3 is 2.71 bits per heavy atom. The second kappa shape index (κ2) is 5.17. The fraction of sp³-hybridized carbons (Fsp3) is 0.200. The number of hydrogen-bond donors (Lipinski definition) is 4. The van der Waals surface area contributed by atoms with Gasteiger partial charge in [-0.25, -0.2) is 10.9 Å². The quantitative estimate of drug-likeness (QED) is 0.251. The van der Waals surface area contributed by atoms with Crippen molar-refractivity contribution in [3.05, 3.63) is 23.8 Å². The van der Waals surface area contributed by atoms with Gasteiger partial charge in [0.15, 0.2) is 0 Å². The molecule has 1 aromatic rings. The number of hydrazine groups is 1. The third-order valence-electron chi connectivity index (χ3n) is 2.15. The number of carboxylic acids is 1. The van der Waals surface area contributed by atoms with Crippen molar-refractivity contribution < 1.29 is 14.6 Å². The van der Waals surface area contributed by atoms with Crippen molar-refractivity contribution in [3.63, 3.8) is 0 Å². The van der Waals surface area contributed by atoms with E-state index in [4.69, 9.17) is 26.8 Å². The van der Waals surface area contributed by atoms with Gasteiger partial charge in [-0.05, 0) is 6.07 Å². The zero-order valence-corrected chi connectivity index (χ0v) is 9.30. The van der Waals surface area contributed by atoms with Gasteiger partial charge in [-0.2, -0.15) is 0 Å². The zero-order valence-electron chi connectivity index (χ0n) is 9.30. The van der Waals surface area contributed by atoms with Crippen molar-refractivity contribution in [2.75, 3.05) is 12.1 Å². The second-order valence-corrected chi connectivity index (χ2v) is 3.32. The molecule has 0 unspecified atom stereocenters.